The summed E-state index contributed by atoms with van der Waals surface area (Å²) >= 11 is 0. The highest BCUT2D eigenvalue weighted by Crippen LogP contribution is 2.38. The van der Waals surface area contributed by atoms with Gasteiger partial charge in [-0.05, 0) is 55.3 Å². The van der Waals surface area contributed by atoms with Crippen LogP contribution in [0.25, 0.3) is 11.0 Å². The number of fused-ring (bicyclic) bond motifs is 1. The number of nitrogen functional groups attached to an aromatic ring is 1. The Bertz CT molecular complexity index is 1010. The van der Waals surface area contributed by atoms with E-state index in [-0.39, 0.29) is 0 Å². The third-order valence-corrected chi connectivity index (χ3v) is 4.52. The van der Waals surface area contributed by atoms with Gasteiger partial charge in [0.15, 0.2) is 0 Å². The maximum atomic E-state index is 5.63. The molecule has 130 valence electrons. The first-order valence-corrected chi connectivity index (χ1v) is 8.55. The van der Waals surface area contributed by atoms with Crippen molar-refractivity contribution in [1.82, 2.24) is 9.97 Å². The molecule has 0 aliphatic carbocycles. The normalized spacial score (nSPS) is 10.9. The Balaban J connectivity index is 1.97. The number of aromatic amines is 1. The van der Waals surface area contributed by atoms with Gasteiger partial charge in [0.1, 0.15) is 0 Å². The average Bonchev–Trinajstić information content (AvgIpc) is 3.08. The van der Waals surface area contributed by atoms with Crippen molar-refractivity contribution in [2.75, 3.05) is 10.3 Å². The maximum Gasteiger partial charge on any atom is 0.213 e. The van der Waals surface area contributed by atoms with Crippen LogP contribution in [0.4, 0.5) is 23.0 Å². The minimum Gasteiger partial charge on any atom is -0.324 e. The zero-order valence-electron chi connectivity index (χ0n) is 14.8. The Morgan fingerprint density at radius 1 is 0.923 bits per heavy atom. The molecule has 0 spiro atoms. The Hall–Kier alpha value is -3.31. The molecule has 0 unspecified atom stereocenters. The van der Waals surface area contributed by atoms with E-state index in [1.165, 1.54) is 11.1 Å². The third-order valence-electron chi connectivity index (χ3n) is 4.52. The third kappa shape index (κ3) is 2.78. The number of H-pyrrole nitrogens is 1. The van der Waals surface area contributed by atoms with E-state index in [2.05, 4.69) is 53.4 Å². The fourth-order valence-electron chi connectivity index (χ4n) is 3.30. The number of imidazole rings is 1. The molecular weight excluding hydrogens is 322 g/mol. The number of rotatable bonds is 4. The molecule has 1 aromatic heterocycles. The summed E-state index contributed by atoms with van der Waals surface area (Å²) in [6.45, 7) is 4.23. The molecule has 0 fully saturated rings. The molecule has 0 saturated heterocycles. The van der Waals surface area contributed by atoms with Crippen molar-refractivity contribution in [3.8, 4) is 0 Å². The molecule has 3 aromatic carbocycles. The van der Waals surface area contributed by atoms with Crippen LogP contribution in [0.5, 0.6) is 0 Å². The number of nitrogens with two attached hydrogens (primary N) is 1. The molecule has 1 heterocycles. The lowest BCUT2D eigenvalue weighted by molar-refractivity contribution is 1.13. The molecule has 4 rings (SSSR count). The van der Waals surface area contributed by atoms with E-state index in [0.717, 1.165) is 34.0 Å². The number of aromatic nitrogens is 2. The summed E-state index contributed by atoms with van der Waals surface area (Å²) in [7, 11) is 0. The average molecular weight is 343 g/mol. The number of benzene rings is 3. The molecular formula is C21H21N5. The molecule has 4 aromatic rings. The molecule has 5 heteroatoms. The number of nitrogens with zero attached hydrogens (tertiary/aromatic N) is 2. The highest BCUT2D eigenvalue weighted by atomic mass is 15.3. The summed E-state index contributed by atoms with van der Waals surface area (Å²) in [5, 5.41) is 0. The second kappa shape index (κ2) is 6.54. The molecule has 0 radical (unpaired) electrons. The molecule has 26 heavy (non-hydrogen) atoms. The molecule has 0 aliphatic rings. The molecule has 0 amide bonds. The van der Waals surface area contributed by atoms with Crippen LogP contribution in [0.15, 0.2) is 66.7 Å². The number of nitrogens with one attached hydrogen (secondary N) is 2. The van der Waals surface area contributed by atoms with Gasteiger partial charge in [-0.3, -0.25) is 10.7 Å². The lowest BCUT2D eigenvalue weighted by Crippen LogP contribution is -2.15. The van der Waals surface area contributed by atoms with E-state index < -0.39 is 0 Å². The number of hydrogen-bond donors (Lipinski definition) is 3. The van der Waals surface area contributed by atoms with Crippen molar-refractivity contribution < 1.29 is 0 Å². The highest BCUT2D eigenvalue weighted by Gasteiger charge is 2.20. The van der Waals surface area contributed by atoms with Gasteiger partial charge in [0.05, 0.1) is 28.1 Å². The number of anilines is 4. The Morgan fingerprint density at radius 2 is 1.65 bits per heavy atom. The Kier molecular flexibility index (Phi) is 4.07. The van der Waals surface area contributed by atoms with Crippen LogP contribution in [0.3, 0.4) is 0 Å². The quantitative estimate of drug-likeness (QED) is 0.363. The largest absolute Gasteiger partial charge is 0.324 e. The molecule has 0 saturated carbocycles. The van der Waals surface area contributed by atoms with Crippen molar-refractivity contribution in [3.63, 3.8) is 0 Å². The summed E-state index contributed by atoms with van der Waals surface area (Å²) in [6.07, 6.45) is 0. The van der Waals surface area contributed by atoms with Crippen molar-refractivity contribution >= 4 is 34.0 Å². The molecule has 5 nitrogen and oxygen atoms in total. The standard InChI is InChI=1S/C21H21N5/c1-14-7-5-8-15(2)20(14)26(17-10-6-9-16(13-17)25-22)21-23-18-11-3-4-12-19(18)24-21/h3-13,25H,22H2,1-2H3,(H,23,24). The van der Waals surface area contributed by atoms with Crippen LogP contribution in [-0.4, -0.2) is 9.97 Å². The molecule has 4 N–H and O–H groups in total. The summed E-state index contributed by atoms with van der Waals surface area (Å²) in [4.78, 5) is 10.4. The first-order valence-electron chi connectivity index (χ1n) is 8.55. The van der Waals surface area contributed by atoms with Gasteiger partial charge in [-0.2, -0.15) is 0 Å². The minimum absolute atomic E-state index is 0.776. The van der Waals surface area contributed by atoms with Gasteiger partial charge in [0.25, 0.3) is 0 Å². The second-order valence-electron chi connectivity index (χ2n) is 6.35. The SMILES string of the molecule is Cc1cccc(C)c1N(c1cccc(NN)c1)c1nc2ccccc2[nH]1. The van der Waals surface area contributed by atoms with E-state index in [1.807, 2.05) is 42.5 Å². The van der Waals surface area contributed by atoms with E-state index >= 15 is 0 Å². The van der Waals surface area contributed by atoms with Gasteiger partial charge in [0.2, 0.25) is 5.95 Å². The molecule has 0 atom stereocenters. The topological polar surface area (TPSA) is 70.0 Å². The smallest absolute Gasteiger partial charge is 0.213 e. The first kappa shape index (κ1) is 16.2. The van der Waals surface area contributed by atoms with Gasteiger partial charge in [-0.15, -0.1) is 0 Å². The predicted molar refractivity (Wildman–Crippen MR) is 108 cm³/mol. The second-order valence-corrected chi connectivity index (χ2v) is 6.35. The van der Waals surface area contributed by atoms with Crippen LogP contribution in [0, 0.1) is 13.8 Å². The number of hydrogen-bond acceptors (Lipinski definition) is 4. The lowest BCUT2D eigenvalue weighted by Gasteiger charge is -2.26. The minimum atomic E-state index is 0.776. The zero-order valence-corrected chi connectivity index (χ0v) is 14.8. The van der Waals surface area contributed by atoms with Crippen molar-refractivity contribution in [3.05, 3.63) is 77.9 Å². The van der Waals surface area contributed by atoms with Gasteiger partial charge in [-0.25, -0.2) is 4.98 Å². The zero-order chi connectivity index (χ0) is 18.1. The Morgan fingerprint density at radius 3 is 2.38 bits per heavy atom. The summed E-state index contributed by atoms with van der Waals surface area (Å²) < 4.78 is 0. The van der Waals surface area contributed by atoms with Gasteiger partial charge in [0, 0.05) is 0 Å². The van der Waals surface area contributed by atoms with Crippen LogP contribution in [-0.2, 0) is 0 Å². The summed E-state index contributed by atoms with van der Waals surface area (Å²) in [6, 6.07) is 22.3. The summed E-state index contributed by atoms with van der Waals surface area (Å²) in [5.41, 5.74) is 9.96. The summed E-state index contributed by atoms with van der Waals surface area (Å²) in [5.74, 6) is 6.40. The van der Waals surface area contributed by atoms with Crippen LogP contribution in [0.1, 0.15) is 11.1 Å². The highest BCUT2D eigenvalue weighted by molar-refractivity contribution is 5.84. The van der Waals surface area contributed by atoms with Gasteiger partial charge >= 0.3 is 0 Å². The van der Waals surface area contributed by atoms with E-state index in [4.69, 9.17) is 10.8 Å². The van der Waals surface area contributed by atoms with Crippen molar-refractivity contribution in [2.24, 2.45) is 5.84 Å². The first-order chi connectivity index (χ1) is 12.7. The molecule has 0 bridgehead atoms. The van der Waals surface area contributed by atoms with Crippen molar-refractivity contribution in [2.45, 2.75) is 13.8 Å². The van der Waals surface area contributed by atoms with Crippen LogP contribution >= 0.6 is 0 Å². The number of aryl methyl sites for hydroxylation is 2. The van der Waals surface area contributed by atoms with Gasteiger partial charge in [-0.1, -0.05) is 36.4 Å². The van der Waals surface area contributed by atoms with Gasteiger partial charge < -0.3 is 10.4 Å². The van der Waals surface area contributed by atoms with Crippen LogP contribution in [0.2, 0.25) is 0 Å². The van der Waals surface area contributed by atoms with Crippen molar-refractivity contribution in [1.29, 1.82) is 0 Å². The lowest BCUT2D eigenvalue weighted by atomic mass is 10.1. The Labute approximate surface area is 152 Å². The fraction of sp³-hybridized carbons (Fsp3) is 0.0952. The van der Waals surface area contributed by atoms with E-state index in [1.54, 1.807) is 0 Å². The molecule has 0 aliphatic heterocycles. The van der Waals surface area contributed by atoms with E-state index in [0.29, 0.717) is 0 Å². The van der Waals surface area contributed by atoms with Crippen LogP contribution < -0.4 is 16.2 Å². The van der Waals surface area contributed by atoms with E-state index in [9.17, 15) is 0 Å². The fourth-order valence-corrected chi connectivity index (χ4v) is 3.30. The number of hydrazine groups is 1. The number of para-hydroxylation sites is 3. The monoisotopic (exact) mass is 343 g/mol. The maximum absolute atomic E-state index is 5.63. The predicted octanol–water partition coefficient (Wildman–Crippen LogP) is 4.94.